The van der Waals surface area contributed by atoms with Crippen LogP contribution in [0.2, 0.25) is 5.02 Å². The number of halogens is 1. The zero-order valence-electron chi connectivity index (χ0n) is 11.3. The fourth-order valence-corrected chi connectivity index (χ4v) is 3.49. The van der Waals surface area contributed by atoms with Gasteiger partial charge in [0.05, 0.1) is 5.02 Å². The summed E-state index contributed by atoms with van der Waals surface area (Å²) in [5.41, 5.74) is 1.05. The monoisotopic (exact) mass is 325 g/mol. The van der Waals surface area contributed by atoms with E-state index >= 15 is 0 Å². The van der Waals surface area contributed by atoms with Crippen molar-refractivity contribution in [1.29, 1.82) is 0 Å². The number of aromatic hydroxyl groups is 1. The van der Waals surface area contributed by atoms with Crippen molar-refractivity contribution in [3.8, 4) is 5.75 Å². The number of phenols is 1. The third kappa shape index (κ3) is 4.46. The second-order valence-electron chi connectivity index (χ2n) is 4.60. The Labute approximate surface area is 129 Å². The highest BCUT2D eigenvalue weighted by Crippen LogP contribution is 2.20. The molecule has 0 atom stereocenters. The molecule has 2 N–H and O–H groups in total. The van der Waals surface area contributed by atoms with Crippen LogP contribution in [0.25, 0.3) is 0 Å². The van der Waals surface area contributed by atoms with E-state index in [1.54, 1.807) is 30.3 Å². The van der Waals surface area contributed by atoms with Crippen molar-refractivity contribution in [3.05, 3.63) is 59.1 Å². The molecule has 0 aliphatic heterocycles. The molecule has 0 aromatic heterocycles. The maximum Gasteiger partial charge on any atom is 0.242 e. The second-order valence-corrected chi connectivity index (χ2v) is 6.74. The van der Waals surface area contributed by atoms with Gasteiger partial charge in [0, 0.05) is 6.54 Å². The molecule has 2 aromatic carbocycles. The van der Waals surface area contributed by atoms with E-state index in [-0.39, 0.29) is 15.7 Å². The van der Waals surface area contributed by atoms with E-state index in [1.165, 1.54) is 6.07 Å². The molecule has 0 unspecified atom stereocenters. The standard InChI is InChI=1S/C15H16ClNO3S/c16-14-5-1-2-6-15(14)21(19,20)17-11-3-4-12-7-9-13(18)10-8-12/h1-2,5-10,17-18H,3-4,11H2. The SMILES string of the molecule is O=S(=O)(NCCCc1ccc(O)cc1)c1ccccc1Cl. The van der Waals surface area contributed by atoms with E-state index in [1.807, 2.05) is 12.1 Å². The van der Waals surface area contributed by atoms with Crippen LogP contribution in [-0.4, -0.2) is 20.1 Å². The number of benzene rings is 2. The predicted molar refractivity (Wildman–Crippen MR) is 83.1 cm³/mol. The minimum Gasteiger partial charge on any atom is -0.508 e. The number of aryl methyl sites for hydroxylation is 1. The maximum absolute atomic E-state index is 12.1. The molecule has 0 aliphatic carbocycles. The number of rotatable bonds is 6. The van der Waals surface area contributed by atoms with Crippen LogP contribution in [0.5, 0.6) is 5.75 Å². The molecule has 0 amide bonds. The summed E-state index contributed by atoms with van der Waals surface area (Å²) in [4.78, 5) is 0.0938. The van der Waals surface area contributed by atoms with Crippen molar-refractivity contribution in [3.63, 3.8) is 0 Å². The highest BCUT2D eigenvalue weighted by molar-refractivity contribution is 7.89. The molecule has 2 aromatic rings. The molecule has 0 aliphatic rings. The van der Waals surface area contributed by atoms with Crippen molar-refractivity contribution in [2.75, 3.05) is 6.54 Å². The van der Waals surface area contributed by atoms with Gasteiger partial charge in [0.2, 0.25) is 10.0 Å². The van der Waals surface area contributed by atoms with Gasteiger partial charge in [0.15, 0.2) is 0 Å². The quantitative estimate of drug-likeness (QED) is 0.802. The van der Waals surface area contributed by atoms with Gasteiger partial charge in [-0.3, -0.25) is 0 Å². The lowest BCUT2D eigenvalue weighted by atomic mass is 10.1. The van der Waals surface area contributed by atoms with Gasteiger partial charge in [-0.2, -0.15) is 0 Å². The number of nitrogens with one attached hydrogen (secondary N) is 1. The Bertz CT molecular complexity index is 699. The minimum atomic E-state index is -3.57. The van der Waals surface area contributed by atoms with E-state index in [4.69, 9.17) is 11.6 Å². The highest BCUT2D eigenvalue weighted by atomic mass is 35.5. The molecule has 0 saturated heterocycles. The Hall–Kier alpha value is -1.56. The molecule has 0 spiro atoms. The molecule has 112 valence electrons. The predicted octanol–water partition coefficient (Wildman–Crippen LogP) is 2.96. The van der Waals surface area contributed by atoms with Gasteiger partial charge in [-0.05, 0) is 42.7 Å². The molecule has 21 heavy (non-hydrogen) atoms. The lowest BCUT2D eigenvalue weighted by molar-refractivity contribution is 0.475. The molecule has 2 rings (SSSR count). The molecule has 0 radical (unpaired) electrons. The topological polar surface area (TPSA) is 66.4 Å². The molecule has 6 heteroatoms. The first-order chi connectivity index (χ1) is 9.99. The first-order valence-corrected chi connectivity index (χ1v) is 8.37. The minimum absolute atomic E-state index is 0.0938. The summed E-state index contributed by atoms with van der Waals surface area (Å²) >= 11 is 5.89. The van der Waals surface area contributed by atoms with Crippen molar-refractivity contribution in [2.45, 2.75) is 17.7 Å². The zero-order valence-corrected chi connectivity index (χ0v) is 12.9. The van der Waals surface area contributed by atoms with Gasteiger partial charge >= 0.3 is 0 Å². The first kappa shape index (κ1) is 15.8. The molecule has 0 bridgehead atoms. The highest BCUT2D eigenvalue weighted by Gasteiger charge is 2.16. The van der Waals surface area contributed by atoms with Gasteiger partial charge < -0.3 is 5.11 Å². The first-order valence-electron chi connectivity index (χ1n) is 6.51. The average molecular weight is 326 g/mol. The summed E-state index contributed by atoms with van der Waals surface area (Å²) < 4.78 is 26.7. The van der Waals surface area contributed by atoms with Gasteiger partial charge in [0.25, 0.3) is 0 Å². The zero-order chi connectivity index (χ0) is 15.3. The lowest BCUT2D eigenvalue weighted by Gasteiger charge is -2.08. The molecule has 0 fully saturated rings. The van der Waals surface area contributed by atoms with E-state index in [0.717, 1.165) is 12.0 Å². The number of phenolic OH excluding ortho intramolecular Hbond substituents is 1. The lowest BCUT2D eigenvalue weighted by Crippen LogP contribution is -2.25. The van der Waals surface area contributed by atoms with E-state index in [0.29, 0.717) is 13.0 Å². The molecule has 0 saturated carbocycles. The van der Waals surface area contributed by atoms with Gasteiger partial charge in [-0.25, -0.2) is 13.1 Å². The smallest absolute Gasteiger partial charge is 0.242 e. The molecule has 4 nitrogen and oxygen atoms in total. The van der Waals surface area contributed by atoms with Crippen molar-refractivity contribution < 1.29 is 13.5 Å². The Morgan fingerprint density at radius 3 is 2.38 bits per heavy atom. The van der Waals surface area contributed by atoms with Crippen LogP contribution in [0.3, 0.4) is 0 Å². The molecule has 0 heterocycles. The largest absolute Gasteiger partial charge is 0.508 e. The van der Waals surface area contributed by atoms with E-state index < -0.39 is 10.0 Å². The van der Waals surface area contributed by atoms with Crippen LogP contribution in [0.4, 0.5) is 0 Å². The van der Waals surface area contributed by atoms with Crippen molar-refractivity contribution in [1.82, 2.24) is 4.72 Å². The summed E-state index contributed by atoms with van der Waals surface area (Å²) in [5, 5.41) is 9.39. The summed E-state index contributed by atoms with van der Waals surface area (Å²) in [6.45, 7) is 0.328. The normalized spacial score (nSPS) is 11.5. The van der Waals surface area contributed by atoms with E-state index in [2.05, 4.69) is 4.72 Å². The van der Waals surface area contributed by atoms with Crippen molar-refractivity contribution in [2.24, 2.45) is 0 Å². The van der Waals surface area contributed by atoms with Crippen molar-refractivity contribution >= 4 is 21.6 Å². The van der Waals surface area contributed by atoms with Crippen LogP contribution in [0, 0.1) is 0 Å². The number of hydrogen-bond acceptors (Lipinski definition) is 3. The Morgan fingerprint density at radius 2 is 1.71 bits per heavy atom. The second kappa shape index (κ2) is 6.93. The Morgan fingerprint density at radius 1 is 1.05 bits per heavy atom. The van der Waals surface area contributed by atoms with Gasteiger partial charge in [-0.15, -0.1) is 0 Å². The van der Waals surface area contributed by atoms with E-state index in [9.17, 15) is 13.5 Å². The third-order valence-electron chi connectivity index (χ3n) is 3.00. The fourth-order valence-electron chi connectivity index (χ4n) is 1.90. The maximum atomic E-state index is 12.1. The summed E-state index contributed by atoms with van der Waals surface area (Å²) in [7, 11) is -3.57. The number of sulfonamides is 1. The summed E-state index contributed by atoms with van der Waals surface area (Å²) in [5.74, 6) is 0.221. The van der Waals surface area contributed by atoms with Crippen LogP contribution in [0.15, 0.2) is 53.4 Å². The van der Waals surface area contributed by atoms with Crippen LogP contribution >= 0.6 is 11.6 Å². The Balaban J connectivity index is 1.88. The van der Waals surface area contributed by atoms with Gasteiger partial charge in [-0.1, -0.05) is 35.9 Å². The third-order valence-corrected chi connectivity index (χ3v) is 4.96. The number of hydrogen-bond donors (Lipinski definition) is 2. The summed E-state index contributed by atoms with van der Waals surface area (Å²) in [6.07, 6.45) is 1.39. The molecular weight excluding hydrogens is 310 g/mol. The fraction of sp³-hybridized carbons (Fsp3) is 0.200. The summed E-state index contributed by atoms with van der Waals surface area (Å²) in [6, 6.07) is 13.2. The van der Waals surface area contributed by atoms with Crippen LogP contribution < -0.4 is 4.72 Å². The van der Waals surface area contributed by atoms with Crippen LogP contribution in [-0.2, 0) is 16.4 Å². The average Bonchev–Trinajstić information content (AvgIpc) is 2.46. The molecular formula is C15H16ClNO3S. The van der Waals surface area contributed by atoms with Crippen LogP contribution in [0.1, 0.15) is 12.0 Å². The Kier molecular flexibility index (Phi) is 5.22. The van der Waals surface area contributed by atoms with Gasteiger partial charge in [0.1, 0.15) is 10.6 Å².